The third-order valence-corrected chi connectivity index (χ3v) is 3.53. The first-order chi connectivity index (χ1) is 11.3. The van der Waals surface area contributed by atoms with Gasteiger partial charge < -0.3 is 14.2 Å². The summed E-state index contributed by atoms with van der Waals surface area (Å²) < 4.78 is 16.8. The minimum absolute atomic E-state index is 0.708. The van der Waals surface area contributed by atoms with Crippen LogP contribution in [0.3, 0.4) is 0 Å². The van der Waals surface area contributed by atoms with Gasteiger partial charge in [0.25, 0.3) is 0 Å². The highest BCUT2D eigenvalue weighted by Gasteiger charge is 2.12. The molecule has 3 rings (SSSR count). The number of para-hydroxylation sites is 2. The topological polar surface area (TPSA) is 27.7 Å². The number of hydrogen-bond donors (Lipinski definition) is 0. The van der Waals surface area contributed by atoms with E-state index in [1.807, 2.05) is 72.8 Å². The van der Waals surface area contributed by atoms with Crippen LogP contribution in [0.5, 0.6) is 23.0 Å². The summed E-state index contributed by atoms with van der Waals surface area (Å²) in [4.78, 5) is 0. The SMILES string of the molecule is COc1cccc(-c2cccc(Oc3ccccc3)c2)c1OC. The van der Waals surface area contributed by atoms with E-state index in [9.17, 15) is 0 Å². The van der Waals surface area contributed by atoms with Crippen LogP contribution in [0.15, 0.2) is 72.8 Å². The lowest BCUT2D eigenvalue weighted by Crippen LogP contribution is -1.93. The number of ether oxygens (including phenoxy) is 3. The Morgan fingerprint density at radius 1 is 0.652 bits per heavy atom. The Morgan fingerprint density at radius 3 is 2.13 bits per heavy atom. The molecule has 3 aromatic carbocycles. The smallest absolute Gasteiger partial charge is 0.168 e. The predicted molar refractivity (Wildman–Crippen MR) is 91.5 cm³/mol. The maximum atomic E-state index is 5.90. The van der Waals surface area contributed by atoms with Crippen molar-refractivity contribution in [2.45, 2.75) is 0 Å². The Hall–Kier alpha value is -2.94. The van der Waals surface area contributed by atoms with E-state index in [0.717, 1.165) is 22.6 Å². The summed E-state index contributed by atoms with van der Waals surface area (Å²) in [6, 6.07) is 23.5. The van der Waals surface area contributed by atoms with Crippen molar-refractivity contribution in [3.63, 3.8) is 0 Å². The molecule has 0 radical (unpaired) electrons. The zero-order chi connectivity index (χ0) is 16.1. The van der Waals surface area contributed by atoms with Gasteiger partial charge in [0, 0.05) is 5.56 Å². The van der Waals surface area contributed by atoms with E-state index in [0.29, 0.717) is 11.5 Å². The molecule has 0 bridgehead atoms. The largest absolute Gasteiger partial charge is 0.493 e. The van der Waals surface area contributed by atoms with Crippen molar-refractivity contribution in [2.75, 3.05) is 14.2 Å². The average molecular weight is 306 g/mol. The van der Waals surface area contributed by atoms with Crippen LogP contribution >= 0.6 is 0 Å². The van der Waals surface area contributed by atoms with Gasteiger partial charge in [-0.05, 0) is 35.9 Å². The molecule has 0 saturated heterocycles. The molecule has 0 N–H and O–H groups in total. The van der Waals surface area contributed by atoms with Gasteiger partial charge in [0.15, 0.2) is 11.5 Å². The molecule has 0 unspecified atom stereocenters. The third kappa shape index (κ3) is 3.29. The molecular formula is C20H18O3. The number of benzene rings is 3. The molecule has 3 nitrogen and oxygen atoms in total. The van der Waals surface area contributed by atoms with E-state index in [2.05, 4.69) is 0 Å². The average Bonchev–Trinajstić information content (AvgIpc) is 2.62. The molecule has 0 aliphatic heterocycles. The zero-order valence-corrected chi connectivity index (χ0v) is 13.2. The van der Waals surface area contributed by atoms with Crippen molar-refractivity contribution in [2.24, 2.45) is 0 Å². The summed E-state index contributed by atoms with van der Waals surface area (Å²) in [6.07, 6.45) is 0. The lowest BCUT2D eigenvalue weighted by Gasteiger charge is -2.13. The first-order valence-corrected chi connectivity index (χ1v) is 7.36. The minimum Gasteiger partial charge on any atom is -0.493 e. The van der Waals surface area contributed by atoms with Gasteiger partial charge in [0.2, 0.25) is 0 Å². The van der Waals surface area contributed by atoms with Crippen molar-refractivity contribution in [1.29, 1.82) is 0 Å². The molecule has 0 spiro atoms. The summed E-state index contributed by atoms with van der Waals surface area (Å²) in [5.41, 5.74) is 1.97. The van der Waals surface area contributed by atoms with Gasteiger partial charge in [-0.3, -0.25) is 0 Å². The summed E-state index contributed by atoms with van der Waals surface area (Å²) in [7, 11) is 3.28. The molecule has 0 aliphatic carbocycles. The molecule has 0 atom stereocenters. The summed E-state index contributed by atoms with van der Waals surface area (Å²) in [5, 5.41) is 0. The molecule has 0 amide bonds. The summed E-state index contributed by atoms with van der Waals surface area (Å²) in [6.45, 7) is 0. The number of hydrogen-bond acceptors (Lipinski definition) is 3. The molecule has 3 heteroatoms. The van der Waals surface area contributed by atoms with Crippen LogP contribution in [0, 0.1) is 0 Å². The maximum Gasteiger partial charge on any atom is 0.168 e. The van der Waals surface area contributed by atoms with E-state index in [4.69, 9.17) is 14.2 Å². The fraction of sp³-hybridized carbons (Fsp3) is 0.100. The van der Waals surface area contributed by atoms with Crippen molar-refractivity contribution in [3.8, 4) is 34.1 Å². The van der Waals surface area contributed by atoms with Gasteiger partial charge in [0.05, 0.1) is 14.2 Å². The second-order valence-electron chi connectivity index (χ2n) is 4.98. The van der Waals surface area contributed by atoms with Crippen molar-refractivity contribution in [3.05, 3.63) is 72.8 Å². The zero-order valence-electron chi connectivity index (χ0n) is 13.2. The van der Waals surface area contributed by atoms with Crippen molar-refractivity contribution in [1.82, 2.24) is 0 Å². The fourth-order valence-electron chi connectivity index (χ4n) is 2.47. The lowest BCUT2D eigenvalue weighted by molar-refractivity contribution is 0.356. The van der Waals surface area contributed by atoms with Gasteiger partial charge >= 0.3 is 0 Å². The Morgan fingerprint density at radius 2 is 1.39 bits per heavy atom. The monoisotopic (exact) mass is 306 g/mol. The first-order valence-electron chi connectivity index (χ1n) is 7.36. The Bertz CT molecular complexity index is 782. The lowest BCUT2D eigenvalue weighted by atomic mass is 10.0. The normalized spacial score (nSPS) is 10.2. The minimum atomic E-state index is 0.708. The van der Waals surface area contributed by atoms with Crippen LogP contribution in [-0.4, -0.2) is 14.2 Å². The van der Waals surface area contributed by atoms with Crippen LogP contribution in [0.1, 0.15) is 0 Å². The third-order valence-electron chi connectivity index (χ3n) is 3.53. The van der Waals surface area contributed by atoms with E-state index in [-0.39, 0.29) is 0 Å². The molecule has 0 fully saturated rings. The molecule has 0 heterocycles. The molecule has 0 saturated carbocycles. The number of methoxy groups -OCH3 is 2. The first kappa shape index (κ1) is 15.0. The quantitative estimate of drug-likeness (QED) is 0.651. The molecule has 3 aromatic rings. The number of rotatable bonds is 5. The standard InChI is InChI=1S/C20H18O3/c1-21-19-13-7-12-18(20(19)22-2)15-8-6-11-17(14-15)23-16-9-4-3-5-10-16/h3-14H,1-2H3. The van der Waals surface area contributed by atoms with Crippen LogP contribution in [0.2, 0.25) is 0 Å². The van der Waals surface area contributed by atoms with Gasteiger partial charge in [0.1, 0.15) is 11.5 Å². The van der Waals surface area contributed by atoms with E-state index in [1.165, 1.54) is 0 Å². The van der Waals surface area contributed by atoms with E-state index < -0.39 is 0 Å². The molecule has 0 aromatic heterocycles. The highest BCUT2D eigenvalue weighted by atomic mass is 16.5. The van der Waals surface area contributed by atoms with Crippen LogP contribution in [0.25, 0.3) is 11.1 Å². The van der Waals surface area contributed by atoms with Gasteiger partial charge in [-0.25, -0.2) is 0 Å². The van der Waals surface area contributed by atoms with Gasteiger partial charge in [-0.2, -0.15) is 0 Å². The predicted octanol–water partition coefficient (Wildman–Crippen LogP) is 5.16. The Labute approximate surface area is 136 Å². The molecule has 0 aliphatic rings. The molecular weight excluding hydrogens is 288 g/mol. The van der Waals surface area contributed by atoms with Crippen molar-refractivity contribution < 1.29 is 14.2 Å². The van der Waals surface area contributed by atoms with Crippen LogP contribution < -0.4 is 14.2 Å². The maximum absolute atomic E-state index is 5.90. The summed E-state index contributed by atoms with van der Waals surface area (Å²) in [5.74, 6) is 3.01. The second-order valence-corrected chi connectivity index (χ2v) is 4.98. The fourth-order valence-corrected chi connectivity index (χ4v) is 2.47. The summed E-state index contributed by atoms with van der Waals surface area (Å²) >= 11 is 0. The van der Waals surface area contributed by atoms with Crippen LogP contribution in [-0.2, 0) is 0 Å². The van der Waals surface area contributed by atoms with Gasteiger partial charge in [-0.15, -0.1) is 0 Å². The molecule has 116 valence electrons. The second kappa shape index (κ2) is 6.88. The van der Waals surface area contributed by atoms with E-state index >= 15 is 0 Å². The van der Waals surface area contributed by atoms with Gasteiger partial charge in [-0.1, -0.05) is 42.5 Å². The Kier molecular flexibility index (Phi) is 4.48. The molecule has 23 heavy (non-hydrogen) atoms. The highest BCUT2D eigenvalue weighted by molar-refractivity contribution is 5.74. The van der Waals surface area contributed by atoms with Crippen LogP contribution in [0.4, 0.5) is 0 Å². The van der Waals surface area contributed by atoms with E-state index in [1.54, 1.807) is 14.2 Å². The Balaban J connectivity index is 1.97. The van der Waals surface area contributed by atoms with Crippen molar-refractivity contribution >= 4 is 0 Å². The highest BCUT2D eigenvalue weighted by Crippen LogP contribution is 2.39.